The molecule has 32 heavy (non-hydrogen) atoms. The van der Waals surface area contributed by atoms with Crippen LogP contribution in [0.5, 0.6) is 0 Å². The van der Waals surface area contributed by atoms with Gasteiger partial charge in [0.2, 0.25) is 0 Å². The number of hydrogen-bond donors (Lipinski definition) is 1. The van der Waals surface area contributed by atoms with Crippen LogP contribution in [0.15, 0.2) is 104 Å². The van der Waals surface area contributed by atoms with Crippen molar-refractivity contribution in [2.75, 3.05) is 6.61 Å². The van der Waals surface area contributed by atoms with Crippen LogP contribution in [-0.4, -0.2) is 38.2 Å². The predicted molar refractivity (Wildman–Crippen MR) is 129 cm³/mol. The number of hydrogen-bond acceptors (Lipinski definition) is 4. The summed E-state index contributed by atoms with van der Waals surface area (Å²) in [6.07, 6.45) is 1.15. The van der Waals surface area contributed by atoms with Crippen molar-refractivity contribution in [3.63, 3.8) is 0 Å². The Bertz CT molecular complexity index is 927. The third kappa shape index (κ3) is 4.46. The lowest BCUT2D eigenvalue weighted by molar-refractivity contribution is -0.171. The first-order chi connectivity index (χ1) is 15.6. The summed E-state index contributed by atoms with van der Waals surface area (Å²) in [4.78, 5) is 12.5. The van der Waals surface area contributed by atoms with Crippen LogP contribution in [0.4, 0.5) is 0 Å². The molecule has 0 aromatic heterocycles. The fourth-order valence-electron chi connectivity index (χ4n) is 4.41. The molecule has 0 saturated carbocycles. The quantitative estimate of drug-likeness (QED) is 0.251. The van der Waals surface area contributed by atoms with Crippen molar-refractivity contribution in [3.05, 3.63) is 104 Å². The van der Waals surface area contributed by atoms with E-state index in [9.17, 15) is 9.90 Å². The number of ether oxygens (including phenoxy) is 1. The summed E-state index contributed by atoms with van der Waals surface area (Å²) in [6.45, 7) is 3.89. The van der Waals surface area contributed by atoms with Gasteiger partial charge in [0, 0.05) is 6.42 Å². The molecule has 0 amide bonds. The first-order valence-corrected chi connectivity index (χ1v) is 12.9. The van der Waals surface area contributed by atoms with Crippen LogP contribution in [0, 0.1) is 5.92 Å². The van der Waals surface area contributed by atoms with E-state index in [1.165, 1.54) is 0 Å². The minimum Gasteiger partial charge on any atom is -0.460 e. The van der Waals surface area contributed by atoms with Crippen LogP contribution in [0.1, 0.15) is 12.8 Å². The van der Waals surface area contributed by atoms with Gasteiger partial charge in [-0.1, -0.05) is 97.1 Å². The van der Waals surface area contributed by atoms with Crippen LogP contribution in [0.2, 0.25) is 0 Å². The van der Waals surface area contributed by atoms with Crippen molar-refractivity contribution in [2.45, 2.75) is 25.0 Å². The Morgan fingerprint density at radius 1 is 0.906 bits per heavy atom. The Morgan fingerprint density at radius 2 is 1.38 bits per heavy atom. The highest BCUT2D eigenvalue weighted by Gasteiger charge is 2.44. The number of aliphatic hydroxyl groups is 1. The van der Waals surface area contributed by atoms with Gasteiger partial charge in [-0.05, 0) is 22.0 Å². The summed E-state index contributed by atoms with van der Waals surface area (Å²) in [7, 11) is -2.87. The Morgan fingerprint density at radius 3 is 1.78 bits per heavy atom. The molecule has 1 fully saturated rings. The number of esters is 1. The van der Waals surface area contributed by atoms with Gasteiger partial charge in [0.25, 0.3) is 8.32 Å². The maximum atomic E-state index is 12.5. The summed E-state index contributed by atoms with van der Waals surface area (Å²) in [6, 6.07) is 30.8. The third-order valence-corrected chi connectivity index (χ3v) is 10.0. The Balaban J connectivity index is 1.71. The van der Waals surface area contributed by atoms with E-state index in [1.807, 2.05) is 54.6 Å². The van der Waals surface area contributed by atoms with E-state index in [0.29, 0.717) is 12.8 Å². The molecule has 0 radical (unpaired) electrons. The summed E-state index contributed by atoms with van der Waals surface area (Å²) in [5.41, 5.74) is 0. The van der Waals surface area contributed by atoms with E-state index < -0.39 is 26.4 Å². The molecule has 3 unspecified atom stereocenters. The van der Waals surface area contributed by atoms with Crippen LogP contribution in [0.3, 0.4) is 0 Å². The van der Waals surface area contributed by atoms with Gasteiger partial charge < -0.3 is 14.3 Å². The molecule has 4 rings (SSSR count). The molecule has 1 aliphatic rings. The van der Waals surface area contributed by atoms with Gasteiger partial charge in [0.1, 0.15) is 6.10 Å². The fraction of sp³-hybridized carbons (Fsp3) is 0.222. The first-order valence-electron chi connectivity index (χ1n) is 10.9. The number of rotatable bonds is 8. The van der Waals surface area contributed by atoms with Gasteiger partial charge >= 0.3 is 5.97 Å². The van der Waals surface area contributed by atoms with Crippen molar-refractivity contribution < 1.29 is 19.1 Å². The van der Waals surface area contributed by atoms with E-state index in [4.69, 9.17) is 9.16 Å². The zero-order chi connectivity index (χ0) is 22.4. The summed E-state index contributed by atoms with van der Waals surface area (Å²) >= 11 is 0. The number of cyclic esters (lactones) is 1. The second-order valence-corrected chi connectivity index (χ2v) is 11.5. The smallest absolute Gasteiger partial charge is 0.312 e. The van der Waals surface area contributed by atoms with E-state index in [0.717, 1.165) is 15.6 Å². The zero-order valence-corrected chi connectivity index (χ0v) is 19.0. The lowest BCUT2D eigenvalue weighted by atomic mass is 9.92. The van der Waals surface area contributed by atoms with Gasteiger partial charge in [-0.25, -0.2) is 0 Å². The van der Waals surface area contributed by atoms with Gasteiger partial charge in [-0.3, -0.25) is 4.79 Å². The molecule has 1 aliphatic heterocycles. The molecule has 0 bridgehead atoms. The van der Waals surface area contributed by atoms with Gasteiger partial charge in [-0.2, -0.15) is 0 Å². The van der Waals surface area contributed by atoms with E-state index >= 15 is 0 Å². The predicted octanol–water partition coefficient (Wildman–Crippen LogP) is 2.54. The molecule has 5 heteroatoms. The molecular formula is C27H28O4Si. The van der Waals surface area contributed by atoms with Crippen LogP contribution < -0.4 is 15.6 Å². The van der Waals surface area contributed by atoms with Crippen molar-refractivity contribution in [1.82, 2.24) is 0 Å². The van der Waals surface area contributed by atoms with Crippen molar-refractivity contribution in [1.29, 1.82) is 0 Å². The van der Waals surface area contributed by atoms with E-state index in [2.05, 4.69) is 43.0 Å². The van der Waals surface area contributed by atoms with Crippen LogP contribution in [0.25, 0.3) is 0 Å². The average Bonchev–Trinajstić information content (AvgIpc) is 2.84. The Labute approximate surface area is 190 Å². The summed E-state index contributed by atoms with van der Waals surface area (Å²) < 4.78 is 12.5. The molecule has 3 atom stereocenters. The molecule has 1 saturated heterocycles. The number of aliphatic hydroxyl groups excluding tert-OH is 1. The molecule has 3 aromatic rings. The second kappa shape index (κ2) is 10.1. The topological polar surface area (TPSA) is 55.8 Å². The number of carbonyl (C=O) groups is 1. The number of allylic oxidation sites excluding steroid dienone is 1. The number of carbonyl (C=O) groups excluding carboxylic acids is 1. The molecule has 1 N–H and O–H groups in total. The molecule has 0 spiro atoms. The van der Waals surface area contributed by atoms with Crippen LogP contribution in [-0.2, 0) is 14.0 Å². The summed E-state index contributed by atoms with van der Waals surface area (Å²) in [5, 5.41) is 13.9. The average molecular weight is 445 g/mol. The molecule has 164 valence electrons. The SMILES string of the molecule is C=CCC1C(=O)OC(CO[Si](c2ccccc2)(c2ccccc2)c2ccccc2)CC1O. The third-order valence-electron chi connectivity index (χ3n) is 6.00. The molecule has 4 nitrogen and oxygen atoms in total. The monoisotopic (exact) mass is 444 g/mol. The highest BCUT2D eigenvalue weighted by molar-refractivity contribution is 7.07. The highest BCUT2D eigenvalue weighted by atomic mass is 28.4. The minimum atomic E-state index is -2.87. The van der Waals surface area contributed by atoms with Crippen molar-refractivity contribution in [2.24, 2.45) is 5.92 Å². The minimum absolute atomic E-state index is 0.217. The zero-order valence-electron chi connectivity index (χ0n) is 18.0. The van der Waals surface area contributed by atoms with E-state index in [-0.39, 0.29) is 12.6 Å². The fourth-order valence-corrected chi connectivity index (χ4v) is 8.33. The van der Waals surface area contributed by atoms with Crippen molar-refractivity contribution in [3.8, 4) is 0 Å². The largest absolute Gasteiger partial charge is 0.460 e. The van der Waals surface area contributed by atoms with Gasteiger partial charge in [0.15, 0.2) is 0 Å². The molecule has 1 heterocycles. The standard InChI is InChI=1S/C27H28O4Si/c1-2-12-25-26(28)19-21(31-27(25)29)20-30-32(22-13-6-3-7-14-22,23-15-8-4-9-16-23)24-17-10-5-11-18-24/h2-11,13-18,21,25-26,28H,1,12,19-20H2. The summed E-state index contributed by atoms with van der Waals surface area (Å²) in [5.74, 6) is -0.938. The molecule has 0 aliphatic carbocycles. The Hall–Kier alpha value is -2.99. The maximum absolute atomic E-state index is 12.5. The lowest BCUT2D eigenvalue weighted by Gasteiger charge is -2.37. The molecule has 3 aromatic carbocycles. The van der Waals surface area contributed by atoms with Crippen LogP contribution >= 0.6 is 0 Å². The van der Waals surface area contributed by atoms with E-state index in [1.54, 1.807) is 6.08 Å². The normalized spacial score (nSPS) is 21.0. The Kier molecular flexibility index (Phi) is 7.00. The molecular weight excluding hydrogens is 416 g/mol. The number of benzene rings is 3. The maximum Gasteiger partial charge on any atom is 0.312 e. The second-order valence-electron chi connectivity index (χ2n) is 8.08. The van der Waals surface area contributed by atoms with Gasteiger partial charge in [-0.15, -0.1) is 6.58 Å². The van der Waals surface area contributed by atoms with Crippen molar-refractivity contribution >= 4 is 29.8 Å². The first kappa shape index (κ1) is 22.2. The highest BCUT2D eigenvalue weighted by Crippen LogP contribution is 2.25. The lowest BCUT2D eigenvalue weighted by Crippen LogP contribution is -2.70. The van der Waals surface area contributed by atoms with Gasteiger partial charge in [0.05, 0.1) is 18.6 Å².